The van der Waals surface area contributed by atoms with Crippen LogP contribution in [0.1, 0.15) is 12.5 Å². The van der Waals surface area contributed by atoms with Crippen LogP contribution in [0.3, 0.4) is 0 Å². The molecular formula is C26H22. The van der Waals surface area contributed by atoms with Crippen molar-refractivity contribution >= 4 is 0 Å². The first kappa shape index (κ1) is 16.4. The summed E-state index contributed by atoms with van der Waals surface area (Å²) in [5.41, 5.74) is 9.02. The van der Waals surface area contributed by atoms with E-state index in [1.54, 1.807) is 0 Å². The molecule has 0 unspecified atom stereocenters. The minimum Gasteiger partial charge on any atom is -0.0622 e. The number of hydrogen-bond donors (Lipinski definition) is 0. The molecule has 0 bridgehead atoms. The van der Waals surface area contributed by atoms with E-state index in [1.807, 2.05) is 0 Å². The van der Waals surface area contributed by atoms with Crippen molar-refractivity contribution in [1.29, 1.82) is 0 Å². The Balaban J connectivity index is 1.95. The number of hydrogen-bond acceptors (Lipinski definition) is 0. The summed E-state index contributed by atoms with van der Waals surface area (Å²) in [6.45, 7) is 2.21. The molecule has 0 radical (unpaired) electrons. The van der Waals surface area contributed by atoms with Gasteiger partial charge in [0, 0.05) is 0 Å². The van der Waals surface area contributed by atoms with Crippen LogP contribution in [-0.4, -0.2) is 0 Å². The molecule has 0 atom stereocenters. The molecule has 0 heterocycles. The highest BCUT2D eigenvalue weighted by Gasteiger charge is 2.12. The highest BCUT2D eigenvalue weighted by atomic mass is 14.2. The quantitative estimate of drug-likeness (QED) is 0.369. The van der Waals surface area contributed by atoms with E-state index in [2.05, 4.69) is 110 Å². The molecule has 0 aliphatic heterocycles. The van der Waals surface area contributed by atoms with Crippen LogP contribution >= 0.6 is 0 Å². The summed E-state index contributed by atoms with van der Waals surface area (Å²) in [6, 6.07) is 36.9. The van der Waals surface area contributed by atoms with Gasteiger partial charge >= 0.3 is 0 Å². The topological polar surface area (TPSA) is 0 Å². The molecule has 0 aliphatic rings. The van der Waals surface area contributed by atoms with E-state index in [0.717, 1.165) is 6.42 Å². The molecule has 0 aromatic heterocycles. The summed E-state index contributed by atoms with van der Waals surface area (Å²) < 4.78 is 0. The van der Waals surface area contributed by atoms with Crippen LogP contribution in [0.25, 0.3) is 33.4 Å². The molecule has 4 rings (SSSR count). The predicted octanol–water partition coefficient (Wildman–Crippen LogP) is 7.25. The first-order valence-electron chi connectivity index (χ1n) is 9.20. The fourth-order valence-corrected chi connectivity index (χ4v) is 3.49. The van der Waals surface area contributed by atoms with E-state index in [4.69, 9.17) is 0 Å². The second-order valence-corrected chi connectivity index (χ2v) is 6.51. The van der Waals surface area contributed by atoms with Gasteiger partial charge in [-0.3, -0.25) is 0 Å². The molecule has 0 nitrogen and oxygen atoms in total. The molecular weight excluding hydrogens is 312 g/mol. The normalized spacial score (nSPS) is 10.7. The van der Waals surface area contributed by atoms with Gasteiger partial charge < -0.3 is 0 Å². The van der Waals surface area contributed by atoms with Crippen LogP contribution in [0.2, 0.25) is 0 Å². The first-order valence-corrected chi connectivity index (χ1v) is 9.20. The summed E-state index contributed by atoms with van der Waals surface area (Å²) in [4.78, 5) is 0. The van der Waals surface area contributed by atoms with Crippen molar-refractivity contribution in [3.63, 3.8) is 0 Å². The van der Waals surface area contributed by atoms with Crippen molar-refractivity contribution in [2.75, 3.05) is 0 Å². The Morgan fingerprint density at radius 1 is 0.462 bits per heavy atom. The van der Waals surface area contributed by atoms with Crippen molar-refractivity contribution in [3.05, 3.63) is 109 Å². The molecule has 0 spiro atoms. The van der Waals surface area contributed by atoms with Crippen molar-refractivity contribution in [3.8, 4) is 33.4 Å². The molecule has 26 heavy (non-hydrogen) atoms. The van der Waals surface area contributed by atoms with E-state index in [9.17, 15) is 0 Å². The zero-order valence-electron chi connectivity index (χ0n) is 15.0. The fraction of sp³-hybridized carbons (Fsp3) is 0.0769. The van der Waals surface area contributed by atoms with Gasteiger partial charge in [0.1, 0.15) is 0 Å². The van der Waals surface area contributed by atoms with Crippen molar-refractivity contribution in [2.24, 2.45) is 0 Å². The summed E-state index contributed by atoms with van der Waals surface area (Å²) >= 11 is 0. The third kappa shape index (κ3) is 3.19. The molecule has 0 fully saturated rings. The van der Waals surface area contributed by atoms with E-state index in [0.29, 0.717) is 0 Å². The zero-order valence-corrected chi connectivity index (χ0v) is 15.0. The van der Waals surface area contributed by atoms with Gasteiger partial charge in [-0.25, -0.2) is 0 Å². The summed E-state index contributed by atoms with van der Waals surface area (Å²) in [5, 5.41) is 0. The molecule has 4 aromatic rings. The van der Waals surface area contributed by atoms with E-state index < -0.39 is 0 Å². The highest BCUT2D eigenvalue weighted by molar-refractivity contribution is 5.91. The minimum atomic E-state index is 1.04. The first-order chi connectivity index (χ1) is 12.9. The second kappa shape index (κ2) is 7.41. The lowest BCUT2D eigenvalue weighted by molar-refractivity contribution is 1.14. The molecule has 0 saturated heterocycles. The summed E-state index contributed by atoms with van der Waals surface area (Å²) in [6.07, 6.45) is 1.04. The van der Waals surface area contributed by atoms with E-state index >= 15 is 0 Å². The largest absolute Gasteiger partial charge is 0.0622 e. The zero-order chi connectivity index (χ0) is 17.8. The molecule has 4 aromatic carbocycles. The maximum Gasteiger partial charge on any atom is -0.00990 e. The van der Waals surface area contributed by atoms with Crippen molar-refractivity contribution < 1.29 is 0 Å². The lowest BCUT2D eigenvalue weighted by Crippen LogP contribution is -1.91. The Kier molecular flexibility index (Phi) is 4.66. The lowest BCUT2D eigenvalue weighted by atomic mass is 9.88. The average Bonchev–Trinajstić information content (AvgIpc) is 2.74. The number of aryl methyl sites for hydroxylation is 1. The summed E-state index contributed by atoms with van der Waals surface area (Å²) in [5.74, 6) is 0. The maximum absolute atomic E-state index is 2.34. The van der Waals surface area contributed by atoms with E-state index in [1.165, 1.54) is 38.9 Å². The standard InChI is InChI=1S/C26H22/c1-2-20-17-18-25(26(19-20)22-13-7-4-8-14-22)24-16-10-9-15-23(24)21-11-5-3-6-12-21/h3-19H,2H2,1H3. The van der Waals surface area contributed by atoms with Gasteiger partial charge in [-0.05, 0) is 45.4 Å². The van der Waals surface area contributed by atoms with Crippen LogP contribution in [0.5, 0.6) is 0 Å². The van der Waals surface area contributed by atoms with Crippen molar-refractivity contribution in [1.82, 2.24) is 0 Å². The van der Waals surface area contributed by atoms with Gasteiger partial charge in [0.05, 0.1) is 0 Å². The smallest absolute Gasteiger partial charge is 0.00990 e. The third-order valence-electron chi connectivity index (χ3n) is 4.88. The van der Waals surface area contributed by atoms with Gasteiger partial charge in [0.25, 0.3) is 0 Å². The van der Waals surface area contributed by atoms with Gasteiger partial charge in [-0.15, -0.1) is 0 Å². The van der Waals surface area contributed by atoms with Crippen LogP contribution < -0.4 is 0 Å². The third-order valence-corrected chi connectivity index (χ3v) is 4.88. The Morgan fingerprint density at radius 2 is 0.962 bits per heavy atom. The fourth-order valence-electron chi connectivity index (χ4n) is 3.49. The Labute approximate surface area is 155 Å². The highest BCUT2D eigenvalue weighted by Crippen LogP contribution is 2.38. The monoisotopic (exact) mass is 334 g/mol. The minimum absolute atomic E-state index is 1.04. The predicted molar refractivity (Wildman–Crippen MR) is 112 cm³/mol. The van der Waals surface area contributed by atoms with Gasteiger partial charge in [-0.2, -0.15) is 0 Å². The van der Waals surface area contributed by atoms with Gasteiger partial charge in [-0.1, -0.05) is 110 Å². The SMILES string of the molecule is CCc1ccc(-c2ccccc2-c2ccccc2)c(-c2ccccc2)c1. The van der Waals surface area contributed by atoms with Gasteiger partial charge in [0.2, 0.25) is 0 Å². The molecule has 0 amide bonds. The lowest BCUT2D eigenvalue weighted by Gasteiger charge is -2.16. The molecule has 0 heteroatoms. The molecule has 0 N–H and O–H groups in total. The van der Waals surface area contributed by atoms with Crippen LogP contribution in [0, 0.1) is 0 Å². The molecule has 126 valence electrons. The van der Waals surface area contributed by atoms with Crippen molar-refractivity contribution in [2.45, 2.75) is 13.3 Å². The maximum atomic E-state index is 2.34. The molecule has 0 saturated carbocycles. The van der Waals surface area contributed by atoms with Gasteiger partial charge in [0.15, 0.2) is 0 Å². The average molecular weight is 334 g/mol. The second-order valence-electron chi connectivity index (χ2n) is 6.51. The Bertz CT molecular complexity index is 998. The van der Waals surface area contributed by atoms with Crippen LogP contribution in [0.4, 0.5) is 0 Å². The molecule has 0 aliphatic carbocycles. The Hall–Kier alpha value is -3.12. The number of benzene rings is 4. The van der Waals surface area contributed by atoms with E-state index in [-0.39, 0.29) is 0 Å². The van der Waals surface area contributed by atoms with Crippen LogP contribution in [0.15, 0.2) is 103 Å². The number of rotatable bonds is 4. The summed E-state index contributed by atoms with van der Waals surface area (Å²) in [7, 11) is 0. The Morgan fingerprint density at radius 3 is 1.58 bits per heavy atom. The van der Waals surface area contributed by atoms with Crippen LogP contribution in [-0.2, 0) is 6.42 Å².